The van der Waals surface area contributed by atoms with Gasteiger partial charge in [-0.05, 0) is 24.9 Å². The van der Waals surface area contributed by atoms with Crippen LogP contribution in [0, 0.1) is 0 Å². The van der Waals surface area contributed by atoms with Gasteiger partial charge in [0.05, 0.1) is 0 Å². The number of nitrogen functional groups attached to an aromatic ring is 1. The molecule has 3 rings (SSSR count). The number of aromatic nitrogens is 2. The molecule has 1 atom stereocenters. The molecule has 2 aromatic rings. The van der Waals surface area contributed by atoms with E-state index >= 15 is 0 Å². The van der Waals surface area contributed by atoms with Gasteiger partial charge in [0.15, 0.2) is 0 Å². The number of benzene rings is 1. The van der Waals surface area contributed by atoms with Crippen molar-refractivity contribution in [3.05, 3.63) is 47.1 Å². The Bertz CT molecular complexity index is 614. The van der Waals surface area contributed by atoms with Gasteiger partial charge >= 0.3 is 0 Å². The first-order valence-corrected chi connectivity index (χ1v) is 8.40. The summed E-state index contributed by atoms with van der Waals surface area (Å²) in [7, 11) is 0. The molecule has 0 radical (unpaired) electrons. The smallest absolute Gasteiger partial charge is 0.223 e. The van der Waals surface area contributed by atoms with Gasteiger partial charge in [0.25, 0.3) is 0 Å². The fourth-order valence-electron chi connectivity index (χ4n) is 3.07. The van der Waals surface area contributed by atoms with Crippen LogP contribution in [0.5, 0.6) is 0 Å². The molecule has 23 heavy (non-hydrogen) atoms. The SMILES string of the molecule is Nc1nc(Cl)cc(NCC2CCCCN2Cc2ccccc2)n1. The normalized spacial score (nSPS) is 18.7. The summed E-state index contributed by atoms with van der Waals surface area (Å²) in [6, 6.07) is 12.8. The van der Waals surface area contributed by atoms with Gasteiger partial charge in [-0.2, -0.15) is 4.98 Å². The van der Waals surface area contributed by atoms with Crippen molar-refractivity contribution in [2.24, 2.45) is 0 Å². The molecule has 6 heteroatoms. The van der Waals surface area contributed by atoms with E-state index in [2.05, 4.69) is 50.5 Å². The number of nitrogens with two attached hydrogens (primary N) is 1. The summed E-state index contributed by atoms with van der Waals surface area (Å²) in [5.41, 5.74) is 7.00. The van der Waals surface area contributed by atoms with Gasteiger partial charge in [-0.25, -0.2) is 4.98 Å². The standard InChI is InChI=1S/C17H22ClN5/c18-15-10-16(22-17(19)21-15)20-11-14-8-4-5-9-23(14)12-13-6-2-1-3-7-13/h1-3,6-7,10,14H,4-5,8-9,11-12H2,(H3,19,20,21,22). The highest BCUT2D eigenvalue weighted by atomic mass is 35.5. The predicted molar refractivity (Wildman–Crippen MR) is 94.4 cm³/mol. The lowest BCUT2D eigenvalue weighted by Gasteiger charge is -2.36. The average molecular weight is 332 g/mol. The van der Waals surface area contributed by atoms with Crippen LogP contribution in [0.2, 0.25) is 5.15 Å². The van der Waals surface area contributed by atoms with Gasteiger partial charge in [0.1, 0.15) is 11.0 Å². The van der Waals surface area contributed by atoms with Crippen molar-refractivity contribution in [2.75, 3.05) is 24.1 Å². The van der Waals surface area contributed by atoms with Gasteiger partial charge in [-0.15, -0.1) is 0 Å². The van der Waals surface area contributed by atoms with E-state index in [4.69, 9.17) is 17.3 Å². The zero-order valence-electron chi connectivity index (χ0n) is 13.1. The first-order chi connectivity index (χ1) is 11.2. The van der Waals surface area contributed by atoms with Crippen LogP contribution in [-0.4, -0.2) is 34.0 Å². The molecular weight excluding hydrogens is 310 g/mol. The Morgan fingerprint density at radius 2 is 2.04 bits per heavy atom. The van der Waals surface area contributed by atoms with Gasteiger partial charge < -0.3 is 11.1 Å². The van der Waals surface area contributed by atoms with Crippen LogP contribution < -0.4 is 11.1 Å². The van der Waals surface area contributed by atoms with Crippen LogP contribution >= 0.6 is 11.6 Å². The van der Waals surface area contributed by atoms with Crippen LogP contribution in [0.15, 0.2) is 36.4 Å². The van der Waals surface area contributed by atoms with Crippen LogP contribution in [0.3, 0.4) is 0 Å². The minimum atomic E-state index is 0.199. The Balaban J connectivity index is 1.62. The maximum Gasteiger partial charge on any atom is 0.223 e. The van der Waals surface area contributed by atoms with E-state index in [1.165, 1.54) is 24.8 Å². The molecule has 1 aromatic carbocycles. The molecule has 2 heterocycles. The van der Waals surface area contributed by atoms with Gasteiger partial charge in [-0.1, -0.05) is 48.4 Å². The number of likely N-dealkylation sites (tertiary alicyclic amines) is 1. The van der Waals surface area contributed by atoms with E-state index in [0.29, 0.717) is 17.0 Å². The second kappa shape index (κ2) is 7.62. The topological polar surface area (TPSA) is 67.1 Å². The Hall–Kier alpha value is -1.85. The molecule has 0 bridgehead atoms. The predicted octanol–water partition coefficient (Wildman–Crippen LogP) is 3.18. The second-order valence-electron chi connectivity index (χ2n) is 5.92. The lowest BCUT2D eigenvalue weighted by molar-refractivity contribution is 0.148. The Morgan fingerprint density at radius 3 is 2.83 bits per heavy atom. The summed E-state index contributed by atoms with van der Waals surface area (Å²) in [4.78, 5) is 10.6. The summed E-state index contributed by atoms with van der Waals surface area (Å²) < 4.78 is 0. The lowest BCUT2D eigenvalue weighted by atomic mass is 10.0. The summed E-state index contributed by atoms with van der Waals surface area (Å²) in [5, 5.41) is 3.72. The first-order valence-electron chi connectivity index (χ1n) is 8.02. The van der Waals surface area contributed by atoms with E-state index in [1.807, 2.05) is 0 Å². The summed E-state index contributed by atoms with van der Waals surface area (Å²) in [6.07, 6.45) is 3.72. The third-order valence-electron chi connectivity index (χ3n) is 4.21. The minimum absolute atomic E-state index is 0.199. The number of rotatable bonds is 5. The van der Waals surface area contributed by atoms with E-state index in [9.17, 15) is 0 Å². The molecule has 1 fully saturated rings. The summed E-state index contributed by atoms with van der Waals surface area (Å²) >= 11 is 5.93. The van der Waals surface area contributed by atoms with Gasteiger partial charge in [0, 0.05) is 25.2 Å². The zero-order valence-corrected chi connectivity index (χ0v) is 13.8. The zero-order chi connectivity index (χ0) is 16.1. The molecular formula is C17H22ClN5. The van der Waals surface area contributed by atoms with Crippen LogP contribution in [0.1, 0.15) is 24.8 Å². The van der Waals surface area contributed by atoms with E-state index in [-0.39, 0.29) is 5.95 Å². The minimum Gasteiger partial charge on any atom is -0.368 e. The Kier molecular flexibility index (Phi) is 5.31. The van der Waals surface area contributed by atoms with E-state index < -0.39 is 0 Å². The molecule has 1 aliphatic rings. The molecule has 1 aliphatic heterocycles. The average Bonchev–Trinajstić information content (AvgIpc) is 2.54. The van der Waals surface area contributed by atoms with Crippen molar-refractivity contribution < 1.29 is 0 Å². The van der Waals surface area contributed by atoms with Crippen molar-refractivity contribution in [1.82, 2.24) is 14.9 Å². The van der Waals surface area contributed by atoms with E-state index in [0.717, 1.165) is 19.6 Å². The number of nitrogens with zero attached hydrogens (tertiary/aromatic N) is 3. The molecule has 5 nitrogen and oxygen atoms in total. The van der Waals surface area contributed by atoms with Crippen LogP contribution in [0.25, 0.3) is 0 Å². The summed E-state index contributed by atoms with van der Waals surface area (Å²) in [5.74, 6) is 0.887. The monoisotopic (exact) mass is 331 g/mol. The molecule has 0 aliphatic carbocycles. The van der Waals surface area contributed by atoms with Crippen molar-refractivity contribution in [3.8, 4) is 0 Å². The fourth-order valence-corrected chi connectivity index (χ4v) is 3.26. The van der Waals surface area contributed by atoms with Crippen molar-refractivity contribution in [2.45, 2.75) is 31.8 Å². The van der Waals surface area contributed by atoms with Crippen molar-refractivity contribution >= 4 is 23.4 Å². The number of hydrogen-bond acceptors (Lipinski definition) is 5. The van der Waals surface area contributed by atoms with Crippen molar-refractivity contribution in [3.63, 3.8) is 0 Å². The number of hydrogen-bond donors (Lipinski definition) is 2. The number of nitrogens with one attached hydrogen (secondary N) is 1. The second-order valence-corrected chi connectivity index (χ2v) is 6.31. The summed E-state index contributed by atoms with van der Waals surface area (Å²) in [6.45, 7) is 2.95. The molecule has 0 saturated carbocycles. The maximum absolute atomic E-state index is 5.93. The molecule has 0 spiro atoms. The first kappa shape index (κ1) is 16.0. The van der Waals surface area contributed by atoms with Gasteiger partial charge in [-0.3, -0.25) is 4.90 Å². The van der Waals surface area contributed by atoms with E-state index in [1.54, 1.807) is 6.07 Å². The van der Waals surface area contributed by atoms with Crippen molar-refractivity contribution in [1.29, 1.82) is 0 Å². The quantitative estimate of drug-likeness (QED) is 0.824. The molecule has 0 amide bonds. The van der Waals surface area contributed by atoms with Crippen LogP contribution in [0.4, 0.5) is 11.8 Å². The Morgan fingerprint density at radius 1 is 1.22 bits per heavy atom. The highest BCUT2D eigenvalue weighted by molar-refractivity contribution is 6.29. The third kappa shape index (κ3) is 4.56. The van der Waals surface area contributed by atoms with Gasteiger partial charge in [0.2, 0.25) is 5.95 Å². The molecule has 1 unspecified atom stereocenters. The number of anilines is 2. The molecule has 1 aromatic heterocycles. The third-order valence-corrected chi connectivity index (χ3v) is 4.40. The van der Waals surface area contributed by atoms with Crippen LogP contribution in [-0.2, 0) is 6.54 Å². The molecule has 1 saturated heterocycles. The Labute approximate surface area is 141 Å². The molecule has 3 N–H and O–H groups in total. The highest BCUT2D eigenvalue weighted by Crippen LogP contribution is 2.21. The highest BCUT2D eigenvalue weighted by Gasteiger charge is 2.22. The lowest BCUT2D eigenvalue weighted by Crippen LogP contribution is -2.43. The maximum atomic E-state index is 5.93. The number of halogens is 1. The molecule has 122 valence electrons. The number of piperidine rings is 1. The fraction of sp³-hybridized carbons (Fsp3) is 0.412. The largest absolute Gasteiger partial charge is 0.368 e.